The first-order valence-electron chi connectivity index (χ1n) is 7.02. The predicted molar refractivity (Wildman–Crippen MR) is 82.5 cm³/mol. The fourth-order valence-corrected chi connectivity index (χ4v) is 2.86. The summed E-state index contributed by atoms with van der Waals surface area (Å²) in [6.07, 6.45) is 6.39. The maximum Gasteiger partial charge on any atom is 0.115 e. The molecule has 3 rings (SSSR count). The zero-order valence-corrected chi connectivity index (χ0v) is 11.6. The van der Waals surface area contributed by atoms with Crippen LogP contribution in [0.4, 0.5) is 0 Å². The van der Waals surface area contributed by atoms with Crippen LogP contribution < -0.4 is 0 Å². The van der Waals surface area contributed by atoms with E-state index in [1.165, 1.54) is 11.1 Å². The molecule has 20 heavy (non-hydrogen) atoms. The second-order valence-corrected chi connectivity index (χ2v) is 4.86. The van der Waals surface area contributed by atoms with Crippen molar-refractivity contribution in [3.63, 3.8) is 0 Å². The molecule has 100 valence electrons. The molecule has 0 aromatic heterocycles. The summed E-state index contributed by atoms with van der Waals surface area (Å²) >= 11 is 0. The lowest BCUT2D eigenvalue weighted by Crippen LogP contribution is -2.27. The van der Waals surface area contributed by atoms with Crippen molar-refractivity contribution in [2.45, 2.75) is 12.3 Å². The monoisotopic (exact) mass is 262 g/mol. The van der Waals surface area contributed by atoms with Crippen LogP contribution in [0.3, 0.4) is 0 Å². The molecule has 0 aliphatic heterocycles. The minimum Gasteiger partial charge on any atom is -0.497 e. The highest BCUT2D eigenvalue weighted by atomic mass is 16.5. The third-order valence-electron chi connectivity index (χ3n) is 3.74. The first kappa shape index (κ1) is 12.7. The lowest BCUT2D eigenvalue weighted by Gasteiger charge is -2.31. The average Bonchev–Trinajstić information content (AvgIpc) is 2.94. The van der Waals surface area contributed by atoms with E-state index in [1.807, 2.05) is 19.1 Å². The first-order valence-corrected chi connectivity index (χ1v) is 7.02. The molecule has 1 nitrogen and oxygen atoms in total. The fourth-order valence-electron chi connectivity index (χ4n) is 2.86. The van der Waals surface area contributed by atoms with Crippen LogP contribution in [0.1, 0.15) is 18.1 Å². The first-order chi connectivity index (χ1) is 9.88. The van der Waals surface area contributed by atoms with Gasteiger partial charge in [0.2, 0.25) is 0 Å². The van der Waals surface area contributed by atoms with Crippen molar-refractivity contribution in [1.29, 1.82) is 0 Å². The molecule has 0 N–H and O–H groups in total. The lowest BCUT2D eigenvalue weighted by atomic mass is 9.74. The molecule has 0 bridgehead atoms. The molecule has 2 aromatic carbocycles. The fraction of sp³-hybridized carbons (Fsp3) is 0.158. The standard InChI is InChI=1S/C19H18O/c1-2-20-18-14-9-15-19(18,16-10-5-3-6-11-16)17-12-7-4-8-13-17/h3-15H,2H2,1H3. The Morgan fingerprint density at radius 3 is 1.90 bits per heavy atom. The van der Waals surface area contributed by atoms with Gasteiger partial charge in [-0.05, 0) is 24.1 Å². The molecule has 0 radical (unpaired) electrons. The number of allylic oxidation sites excluding steroid dienone is 3. The van der Waals surface area contributed by atoms with Crippen molar-refractivity contribution in [3.05, 3.63) is 95.8 Å². The Kier molecular flexibility index (Phi) is 3.42. The molecular formula is C19H18O. The predicted octanol–water partition coefficient (Wildman–Crippen LogP) is 4.46. The molecule has 0 saturated heterocycles. The summed E-state index contributed by atoms with van der Waals surface area (Å²) in [7, 11) is 0. The van der Waals surface area contributed by atoms with Gasteiger partial charge < -0.3 is 4.74 Å². The number of ether oxygens (including phenoxy) is 1. The lowest BCUT2D eigenvalue weighted by molar-refractivity contribution is 0.202. The molecule has 0 fully saturated rings. The Hall–Kier alpha value is -2.28. The molecule has 0 heterocycles. The second-order valence-electron chi connectivity index (χ2n) is 4.86. The summed E-state index contributed by atoms with van der Waals surface area (Å²) in [4.78, 5) is 0. The third-order valence-corrected chi connectivity index (χ3v) is 3.74. The van der Waals surface area contributed by atoms with E-state index in [-0.39, 0.29) is 5.41 Å². The van der Waals surface area contributed by atoms with E-state index < -0.39 is 0 Å². The number of rotatable bonds is 4. The van der Waals surface area contributed by atoms with Gasteiger partial charge in [0.15, 0.2) is 0 Å². The third kappa shape index (κ3) is 1.96. The Morgan fingerprint density at radius 1 is 0.850 bits per heavy atom. The minimum absolute atomic E-state index is 0.293. The maximum absolute atomic E-state index is 5.93. The van der Waals surface area contributed by atoms with E-state index in [2.05, 4.69) is 66.8 Å². The van der Waals surface area contributed by atoms with Crippen molar-refractivity contribution in [1.82, 2.24) is 0 Å². The van der Waals surface area contributed by atoms with E-state index >= 15 is 0 Å². The van der Waals surface area contributed by atoms with E-state index in [1.54, 1.807) is 0 Å². The highest BCUT2D eigenvalue weighted by molar-refractivity contribution is 5.56. The molecule has 1 aliphatic rings. The van der Waals surface area contributed by atoms with Crippen LogP contribution in [0.5, 0.6) is 0 Å². The van der Waals surface area contributed by atoms with Gasteiger partial charge in [0.25, 0.3) is 0 Å². The van der Waals surface area contributed by atoms with E-state index in [4.69, 9.17) is 4.74 Å². The highest BCUT2D eigenvalue weighted by Gasteiger charge is 2.39. The molecule has 0 unspecified atom stereocenters. The summed E-state index contributed by atoms with van der Waals surface area (Å²) in [5.41, 5.74) is 2.18. The van der Waals surface area contributed by atoms with Crippen LogP contribution in [0.25, 0.3) is 0 Å². The topological polar surface area (TPSA) is 9.23 Å². The Bertz CT molecular complexity index is 584. The minimum atomic E-state index is -0.293. The summed E-state index contributed by atoms with van der Waals surface area (Å²) in [6, 6.07) is 21.1. The highest BCUT2D eigenvalue weighted by Crippen LogP contribution is 2.43. The molecular weight excluding hydrogens is 244 g/mol. The largest absolute Gasteiger partial charge is 0.497 e. The van der Waals surface area contributed by atoms with Crippen molar-refractivity contribution in [2.75, 3.05) is 6.61 Å². The Labute approximate surface area is 120 Å². The normalized spacial score (nSPS) is 15.9. The molecule has 0 spiro atoms. The Morgan fingerprint density at radius 2 is 1.40 bits per heavy atom. The quantitative estimate of drug-likeness (QED) is 0.790. The van der Waals surface area contributed by atoms with E-state index in [0.29, 0.717) is 6.61 Å². The van der Waals surface area contributed by atoms with E-state index in [0.717, 1.165) is 5.76 Å². The van der Waals surface area contributed by atoms with Gasteiger partial charge in [-0.15, -0.1) is 0 Å². The number of hydrogen-bond donors (Lipinski definition) is 0. The molecule has 2 aromatic rings. The summed E-state index contributed by atoms with van der Waals surface area (Å²) < 4.78 is 5.93. The van der Waals surface area contributed by atoms with Crippen molar-refractivity contribution >= 4 is 0 Å². The second kappa shape index (κ2) is 5.38. The van der Waals surface area contributed by atoms with Crippen LogP contribution in [0.2, 0.25) is 0 Å². The zero-order chi connectivity index (χ0) is 13.8. The summed E-state index contributed by atoms with van der Waals surface area (Å²) in [6.45, 7) is 2.70. The maximum atomic E-state index is 5.93. The van der Waals surface area contributed by atoms with Crippen LogP contribution in [-0.2, 0) is 10.2 Å². The Balaban J connectivity index is 2.19. The van der Waals surface area contributed by atoms with Gasteiger partial charge in [-0.2, -0.15) is 0 Å². The molecule has 0 saturated carbocycles. The average molecular weight is 262 g/mol. The van der Waals surface area contributed by atoms with Crippen molar-refractivity contribution in [2.24, 2.45) is 0 Å². The number of benzene rings is 2. The van der Waals surface area contributed by atoms with E-state index in [9.17, 15) is 0 Å². The summed E-state index contributed by atoms with van der Waals surface area (Å²) in [5, 5.41) is 0. The number of hydrogen-bond acceptors (Lipinski definition) is 1. The van der Waals surface area contributed by atoms with Crippen LogP contribution in [-0.4, -0.2) is 6.61 Å². The van der Waals surface area contributed by atoms with Crippen molar-refractivity contribution in [3.8, 4) is 0 Å². The van der Waals surface area contributed by atoms with Crippen molar-refractivity contribution < 1.29 is 4.74 Å². The van der Waals surface area contributed by atoms with Gasteiger partial charge in [0.1, 0.15) is 5.76 Å². The molecule has 0 amide bonds. The van der Waals surface area contributed by atoms with Gasteiger partial charge in [0, 0.05) is 0 Å². The SMILES string of the molecule is CCOC1=CC=CC1(c1ccccc1)c1ccccc1. The van der Waals surface area contributed by atoms with Crippen LogP contribution in [0, 0.1) is 0 Å². The van der Waals surface area contributed by atoms with Gasteiger partial charge in [-0.3, -0.25) is 0 Å². The van der Waals surface area contributed by atoms with Crippen LogP contribution in [0.15, 0.2) is 84.7 Å². The molecule has 0 atom stereocenters. The molecule has 1 heteroatoms. The van der Waals surface area contributed by atoms with Gasteiger partial charge >= 0.3 is 0 Å². The van der Waals surface area contributed by atoms with Gasteiger partial charge in [0.05, 0.1) is 12.0 Å². The summed E-state index contributed by atoms with van der Waals surface area (Å²) in [5.74, 6) is 0.998. The van der Waals surface area contributed by atoms with Gasteiger partial charge in [-0.25, -0.2) is 0 Å². The molecule has 1 aliphatic carbocycles. The smallest absolute Gasteiger partial charge is 0.115 e. The van der Waals surface area contributed by atoms with Crippen LogP contribution >= 0.6 is 0 Å². The zero-order valence-electron chi connectivity index (χ0n) is 11.6. The van der Waals surface area contributed by atoms with Gasteiger partial charge in [-0.1, -0.05) is 72.8 Å².